The van der Waals surface area contributed by atoms with E-state index in [1.165, 1.54) is 0 Å². The van der Waals surface area contributed by atoms with E-state index in [9.17, 15) is 4.79 Å². The fourth-order valence-electron chi connectivity index (χ4n) is 1.54. The Morgan fingerprint density at radius 2 is 2.17 bits per heavy atom. The number of ether oxygens (including phenoxy) is 2. The molecule has 0 saturated carbocycles. The quantitative estimate of drug-likeness (QED) is 0.786. The van der Waals surface area contributed by atoms with Crippen LogP contribution in [0.1, 0.15) is 18.4 Å². The Morgan fingerprint density at radius 3 is 2.83 bits per heavy atom. The van der Waals surface area contributed by atoms with Crippen molar-refractivity contribution in [2.45, 2.75) is 19.4 Å². The molecule has 0 atom stereocenters. The Labute approximate surface area is 116 Å². The third-order valence-corrected chi connectivity index (χ3v) is 2.96. The highest BCUT2D eigenvalue weighted by Gasteiger charge is 2.06. The van der Waals surface area contributed by atoms with Crippen LogP contribution in [-0.2, 0) is 16.1 Å². The lowest BCUT2D eigenvalue weighted by atomic mass is 10.2. The number of benzene rings is 1. The minimum absolute atomic E-state index is 0.0223. The summed E-state index contributed by atoms with van der Waals surface area (Å²) in [6.07, 6.45) is 1.21. The molecule has 1 N–H and O–H groups in total. The maximum atomic E-state index is 11.6. The molecule has 0 saturated heterocycles. The fraction of sp³-hybridized carbons (Fsp3) is 0.462. The molecule has 0 spiro atoms. The summed E-state index contributed by atoms with van der Waals surface area (Å²) in [6.45, 7) is 1.07. The van der Waals surface area contributed by atoms with Gasteiger partial charge in [0.05, 0.1) is 7.11 Å². The predicted molar refractivity (Wildman–Crippen MR) is 73.7 cm³/mol. The molecule has 0 aliphatic rings. The minimum Gasteiger partial charge on any atom is -0.496 e. The van der Waals surface area contributed by atoms with E-state index in [0.29, 0.717) is 19.6 Å². The van der Waals surface area contributed by atoms with Gasteiger partial charge in [-0.05, 0) is 24.6 Å². The van der Waals surface area contributed by atoms with Gasteiger partial charge in [-0.15, -0.1) is 0 Å². The molecule has 1 aromatic rings. The van der Waals surface area contributed by atoms with Crippen LogP contribution in [0.15, 0.2) is 22.7 Å². The Morgan fingerprint density at radius 1 is 1.39 bits per heavy atom. The van der Waals surface area contributed by atoms with Gasteiger partial charge >= 0.3 is 0 Å². The predicted octanol–water partition coefficient (Wildman–Crippen LogP) is 2.50. The SMILES string of the molecule is COCCCC(=O)NCc1cc(Br)ccc1OC. The number of nitrogens with one attached hydrogen (secondary N) is 1. The van der Waals surface area contributed by atoms with Gasteiger partial charge in [0.1, 0.15) is 5.75 Å². The van der Waals surface area contributed by atoms with Gasteiger partial charge < -0.3 is 14.8 Å². The van der Waals surface area contributed by atoms with E-state index in [1.54, 1.807) is 14.2 Å². The van der Waals surface area contributed by atoms with Gasteiger partial charge in [0.15, 0.2) is 0 Å². The Bertz CT molecular complexity index is 396. The van der Waals surface area contributed by atoms with Gasteiger partial charge in [-0.1, -0.05) is 15.9 Å². The van der Waals surface area contributed by atoms with Gasteiger partial charge in [-0.3, -0.25) is 4.79 Å². The first kappa shape index (κ1) is 15.0. The summed E-state index contributed by atoms with van der Waals surface area (Å²) in [5, 5.41) is 2.86. The first-order chi connectivity index (χ1) is 8.67. The molecule has 18 heavy (non-hydrogen) atoms. The summed E-state index contributed by atoms with van der Waals surface area (Å²) >= 11 is 3.40. The molecule has 0 aliphatic heterocycles. The average molecular weight is 316 g/mol. The third-order valence-electron chi connectivity index (χ3n) is 2.47. The van der Waals surface area contributed by atoms with Crippen LogP contribution in [0, 0.1) is 0 Å². The molecular formula is C13H18BrNO3. The molecule has 0 fully saturated rings. The van der Waals surface area contributed by atoms with E-state index in [4.69, 9.17) is 9.47 Å². The summed E-state index contributed by atoms with van der Waals surface area (Å²) in [5.74, 6) is 0.796. The van der Waals surface area contributed by atoms with Crippen LogP contribution in [0.3, 0.4) is 0 Å². The summed E-state index contributed by atoms with van der Waals surface area (Å²) in [6, 6.07) is 5.72. The van der Waals surface area contributed by atoms with Crippen molar-refractivity contribution in [1.29, 1.82) is 0 Å². The second-order valence-electron chi connectivity index (χ2n) is 3.83. The van der Waals surface area contributed by atoms with Gasteiger partial charge in [-0.25, -0.2) is 0 Å². The smallest absolute Gasteiger partial charge is 0.220 e. The molecule has 0 aliphatic carbocycles. The molecule has 0 bridgehead atoms. The van der Waals surface area contributed by atoms with Crippen LogP contribution >= 0.6 is 15.9 Å². The highest BCUT2D eigenvalue weighted by atomic mass is 79.9. The van der Waals surface area contributed by atoms with Gasteiger partial charge in [-0.2, -0.15) is 0 Å². The maximum Gasteiger partial charge on any atom is 0.220 e. The lowest BCUT2D eigenvalue weighted by molar-refractivity contribution is -0.121. The summed E-state index contributed by atoms with van der Waals surface area (Å²) < 4.78 is 11.1. The zero-order valence-corrected chi connectivity index (χ0v) is 12.2. The summed E-state index contributed by atoms with van der Waals surface area (Å²) in [4.78, 5) is 11.6. The van der Waals surface area contributed by atoms with Crippen molar-refractivity contribution in [3.05, 3.63) is 28.2 Å². The summed E-state index contributed by atoms with van der Waals surface area (Å²) in [7, 11) is 3.25. The first-order valence-electron chi connectivity index (χ1n) is 5.75. The number of amides is 1. The molecule has 0 heterocycles. The molecule has 0 radical (unpaired) electrons. The average Bonchev–Trinajstić information content (AvgIpc) is 2.37. The lowest BCUT2D eigenvalue weighted by Crippen LogP contribution is -2.23. The van der Waals surface area contributed by atoms with Gasteiger partial charge in [0.2, 0.25) is 5.91 Å². The number of carbonyl (C=O) groups excluding carboxylic acids is 1. The molecule has 4 nitrogen and oxygen atoms in total. The van der Waals surface area contributed by atoms with Crippen molar-refractivity contribution in [3.63, 3.8) is 0 Å². The second kappa shape index (κ2) is 8.11. The molecule has 5 heteroatoms. The van der Waals surface area contributed by atoms with Crippen molar-refractivity contribution in [3.8, 4) is 5.75 Å². The van der Waals surface area contributed by atoms with Crippen LogP contribution in [-0.4, -0.2) is 26.7 Å². The molecular weight excluding hydrogens is 298 g/mol. The normalized spacial score (nSPS) is 10.2. The molecule has 1 rings (SSSR count). The number of halogens is 1. The lowest BCUT2D eigenvalue weighted by Gasteiger charge is -2.10. The van der Waals surface area contributed by atoms with E-state index >= 15 is 0 Å². The van der Waals surface area contributed by atoms with Gasteiger partial charge in [0, 0.05) is 36.7 Å². The van der Waals surface area contributed by atoms with Crippen molar-refractivity contribution in [2.24, 2.45) is 0 Å². The molecule has 1 amide bonds. The van der Waals surface area contributed by atoms with E-state index < -0.39 is 0 Å². The van der Waals surface area contributed by atoms with E-state index in [-0.39, 0.29) is 5.91 Å². The van der Waals surface area contributed by atoms with E-state index in [0.717, 1.165) is 22.2 Å². The maximum absolute atomic E-state index is 11.6. The number of rotatable bonds is 7. The number of hydrogen-bond acceptors (Lipinski definition) is 3. The number of hydrogen-bond donors (Lipinski definition) is 1. The monoisotopic (exact) mass is 315 g/mol. The van der Waals surface area contributed by atoms with Crippen molar-refractivity contribution >= 4 is 21.8 Å². The number of methoxy groups -OCH3 is 2. The van der Waals surface area contributed by atoms with Crippen molar-refractivity contribution in [1.82, 2.24) is 5.32 Å². The molecule has 0 unspecified atom stereocenters. The molecule has 100 valence electrons. The zero-order chi connectivity index (χ0) is 13.4. The fourth-order valence-corrected chi connectivity index (χ4v) is 1.95. The van der Waals surface area contributed by atoms with E-state index in [1.807, 2.05) is 18.2 Å². The van der Waals surface area contributed by atoms with Crippen LogP contribution < -0.4 is 10.1 Å². The highest BCUT2D eigenvalue weighted by molar-refractivity contribution is 9.10. The molecule has 0 aromatic heterocycles. The Kier molecular flexibility index (Phi) is 6.75. The van der Waals surface area contributed by atoms with Crippen molar-refractivity contribution in [2.75, 3.05) is 20.8 Å². The standard InChI is InChI=1S/C13H18BrNO3/c1-17-7-3-4-13(16)15-9-10-8-11(14)5-6-12(10)18-2/h5-6,8H,3-4,7,9H2,1-2H3,(H,15,16). The van der Waals surface area contributed by atoms with Gasteiger partial charge in [0.25, 0.3) is 0 Å². The van der Waals surface area contributed by atoms with Crippen LogP contribution in [0.5, 0.6) is 5.75 Å². The van der Waals surface area contributed by atoms with E-state index in [2.05, 4.69) is 21.2 Å². The van der Waals surface area contributed by atoms with Crippen LogP contribution in [0.25, 0.3) is 0 Å². The second-order valence-corrected chi connectivity index (χ2v) is 4.74. The Balaban J connectivity index is 2.47. The van der Waals surface area contributed by atoms with Crippen molar-refractivity contribution < 1.29 is 14.3 Å². The first-order valence-corrected chi connectivity index (χ1v) is 6.54. The topological polar surface area (TPSA) is 47.6 Å². The Hall–Kier alpha value is -1.07. The minimum atomic E-state index is 0.0223. The molecule has 1 aromatic carbocycles. The third kappa shape index (κ3) is 5.06. The largest absolute Gasteiger partial charge is 0.496 e. The van der Waals surface area contributed by atoms with Crippen LogP contribution in [0.2, 0.25) is 0 Å². The zero-order valence-electron chi connectivity index (χ0n) is 10.7. The highest BCUT2D eigenvalue weighted by Crippen LogP contribution is 2.22. The number of carbonyl (C=O) groups is 1. The summed E-state index contributed by atoms with van der Waals surface area (Å²) in [5.41, 5.74) is 0.951. The van der Waals surface area contributed by atoms with Crippen LogP contribution in [0.4, 0.5) is 0 Å².